The van der Waals surface area contributed by atoms with Crippen molar-refractivity contribution in [2.75, 3.05) is 20.1 Å². The van der Waals surface area contributed by atoms with Gasteiger partial charge in [-0.25, -0.2) is 0 Å². The number of nitrogens with zero attached hydrogens (tertiary/aromatic N) is 1. The van der Waals surface area contributed by atoms with Crippen LogP contribution >= 0.6 is 0 Å². The fraction of sp³-hybridized carbons (Fsp3) is 0.562. The summed E-state index contributed by atoms with van der Waals surface area (Å²) >= 11 is 0. The topological polar surface area (TPSA) is 36.4 Å². The summed E-state index contributed by atoms with van der Waals surface area (Å²) in [6, 6.07) is 10.5. The molecule has 19 heavy (non-hydrogen) atoms. The fourth-order valence-electron chi connectivity index (χ4n) is 1.95. The van der Waals surface area contributed by atoms with Crippen LogP contribution < -0.4 is 10.6 Å². The maximum Gasteiger partial charge on any atom is 0.190 e. The Hall–Kier alpha value is -1.51. The van der Waals surface area contributed by atoms with Crippen LogP contribution in [0.5, 0.6) is 0 Å². The lowest BCUT2D eigenvalue weighted by Crippen LogP contribution is -2.38. The zero-order valence-electron chi connectivity index (χ0n) is 12.3. The maximum atomic E-state index is 4.23. The van der Waals surface area contributed by atoms with Crippen molar-refractivity contribution in [3.05, 3.63) is 35.9 Å². The Balaban J connectivity index is 2.12. The smallest absolute Gasteiger partial charge is 0.190 e. The molecule has 0 aromatic heterocycles. The largest absolute Gasteiger partial charge is 0.356 e. The van der Waals surface area contributed by atoms with Crippen molar-refractivity contribution in [2.24, 2.45) is 4.99 Å². The van der Waals surface area contributed by atoms with E-state index in [0.717, 1.165) is 25.5 Å². The van der Waals surface area contributed by atoms with E-state index in [9.17, 15) is 0 Å². The van der Waals surface area contributed by atoms with Gasteiger partial charge in [-0.1, -0.05) is 56.5 Å². The highest BCUT2D eigenvalue weighted by Crippen LogP contribution is 1.98. The standard InChI is InChI=1S/C16H27N3/c1-3-4-5-9-13-18-16(17-2)19-14-12-15-10-7-6-8-11-15/h6-8,10-11H,3-5,9,12-14H2,1-2H3,(H2,17,18,19). The second-order valence-corrected chi connectivity index (χ2v) is 4.72. The van der Waals surface area contributed by atoms with Crippen LogP contribution in [0, 0.1) is 0 Å². The van der Waals surface area contributed by atoms with E-state index in [4.69, 9.17) is 0 Å². The van der Waals surface area contributed by atoms with E-state index >= 15 is 0 Å². The quantitative estimate of drug-likeness (QED) is 0.429. The molecule has 0 fully saturated rings. The third-order valence-corrected chi connectivity index (χ3v) is 3.10. The first-order valence-corrected chi connectivity index (χ1v) is 7.35. The fourth-order valence-corrected chi connectivity index (χ4v) is 1.95. The number of aliphatic imine (C=N–C) groups is 1. The highest BCUT2D eigenvalue weighted by Gasteiger charge is 1.97. The van der Waals surface area contributed by atoms with E-state index in [1.807, 2.05) is 13.1 Å². The zero-order chi connectivity index (χ0) is 13.8. The van der Waals surface area contributed by atoms with Gasteiger partial charge in [0.25, 0.3) is 0 Å². The number of hydrogen-bond donors (Lipinski definition) is 2. The molecule has 106 valence electrons. The van der Waals surface area contributed by atoms with Gasteiger partial charge in [0.1, 0.15) is 0 Å². The first-order chi connectivity index (χ1) is 9.36. The van der Waals surface area contributed by atoms with Crippen molar-refractivity contribution in [3.63, 3.8) is 0 Å². The van der Waals surface area contributed by atoms with Crippen molar-refractivity contribution < 1.29 is 0 Å². The molecule has 1 aromatic rings. The van der Waals surface area contributed by atoms with Crippen LogP contribution in [0.4, 0.5) is 0 Å². The molecule has 3 heteroatoms. The Morgan fingerprint density at radius 1 is 1.00 bits per heavy atom. The lowest BCUT2D eigenvalue weighted by molar-refractivity contribution is 0.647. The van der Waals surface area contributed by atoms with Gasteiger partial charge in [0.2, 0.25) is 0 Å². The first-order valence-electron chi connectivity index (χ1n) is 7.35. The lowest BCUT2D eigenvalue weighted by atomic mass is 10.1. The van der Waals surface area contributed by atoms with Crippen molar-refractivity contribution in [2.45, 2.75) is 39.0 Å². The van der Waals surface area contributed by atoms with Gasteiger partial charge in [0.15, 0.2) is 5.96 Å². The molecule has 2 N–H and O–H groups in total. The molecular weight excluding hydrogens is 234 g/mol. The van der Waals surface area contributed by atoms with Crippen LogP contribution in [-0.4, -0.2) is 26.1 Å². The zero-order valence-corrected chi connectivity index (χ0v) is 12.3. The van der Waals surface area contributed by atoms with Crippen LogP contribution in [0.25, 0.3) is 0 Å². The summed E-state index contributed by atoms with van der Waals surface area (Å²) in [5.41, 5.74) is 1.35. The first kappa shape index (κ1) is 15.5. The van der Waals surface area contributed by atoms with Gasteiger partial charge in [-0.2, -0.15) is 0 Å². The van der Waals surface area contributed by atoms with Crippen LogP contribution in [0.3, 0.4) is 0 Å². The number of nitrogens with one attached hydrogen (secondary N) is 2. The molecule has 0 saturated carbocycles. The van der Waals surface area contributed by atoms with Gasteiger partial charge >= 0.3 is 0 Å². The average Bonchev–Trinajstić information content (AvgIpc) is 2.46. The Kier molecular flexibility index (Phi) is 8.52. The van der Waals surface area contributed by atoms with Gasteiger partial charge in [-0.05, 0) is 18.4 Å². The summed E-state index contributed by atoms with van der Waals surface area (Å²) in [6.45, 7) is 4.15. The predicted octanol–water partition coefficient (Wildman–Crippen LogP) is 2.97. The van der Waals surface area contributed by atoms with Crippen LogP contribution in [0.1, 0.15) is 38.2 Å². The van der Waals surface area contributed by atoms with E-state index in [2.05, 4.69) is 46.8 Å². The highest BCUT2D eigenvalue weighted by molar-refractivity contribution is 5.79. The summed E-state index contributed by atoms with van der Waals surface area (Å²) in [7, 11) is 1.82. The SMILES string of the molecule is CCCCCCNC(=NC)NCCc1ccccc1. The van der Waals surface area contributed by atoms with Gasteiger partial charge in [0, 0.05) is 20.1 Å². The molecule has 0 spiro atoms. The predicted molar refractivity (Wildman–Crippen MR) is 83.7 cm³/mol. The molecule has 3 nitrogen and oxygen atoms in total. The minimum absolute atomic E-state index is 0.910. The Bertz CT molecular complexity index is 346. The normalized spacial score (nSPS) is 11.4. The van der Waals surface area contributed by atoms with Crippen molar-refractivity contribution in [1.29, 1.82) is 0 Å². The molecule has 0 aliphatic carbocycles. The van der Waals surface area contributed by atoms with Crippen LogP contribution in [0.2, 0.25) is 0 Å². The molecule has 1 aromatic carbocycles. The van der Waals surface area contributed by atoms with Gasteiger partial charge < -0.3 is 10.6 Å². The van der Waals surface area contributed by atoms with Crippen LogP contribution in [-0.2, 0) is 6.42 Å². The van der Waals surface area contributed by atoms with E-state index in [1.165, 1.54) is 31.2 Å². The van der Waals surface area contributed by atoms with Gasteiger partial charge in [-0.3, -0.25) is 4.99 Å². The number of guanidine groups is 1. The van der Waals surface area contributed by atoms with E-state index < -0.39 is 0 Å². The van der Waals surface area contributed by atoms with E-state index in [1.54, 1.807) is 0 Å². The molecule has 0 unspecified atom stereocenters. The summed E-state index contributed by atoms with van der Waals surface area (Å²) in [5.74, 6) is 0.910. The molecule has 0 bridgehead atoms. The molecular formula is C16H27N3. The van der Waals surface area contributed by atoms with Crippen LogP contribution in [0.15, 0.2) is 35.3 Å². The van der Waals surface area contributed by atoms with Crippen molar-refractivity contribution >= 4 is 5.96 Å². The van der Waals surface area contributed by atoms with Crippen molar-refractivity contribution in [3.8, 4) is 0 Å². The molecule has 0 heterocycles. The average molecular weight is 261 g/mol. The van der Waals surface area contributed by atoms with E-state index in [-0.39, 0.29) is 0 Å². The third-order valence-electron chi connectivity index (χ3n) is 3.10. The van der Waals surface area contributed by atoms with Gasteiger partial charge in [-0.15, -0.1) is 0 Å². The maximum absolute atomic E-state index is 4.23. The lowest BCUT2D eigenvalue weighted by Gasteiger charge is -2.11. The van der Waals surface area contributed by atoms with Crippen molar-refractivity contribution in [1.82, 2.24) is 10.6 Å². The number of rotatable bonds is 8. The third kappa shape index (κ3) is 7.50. The Morgan fingerprint density at radius 2 is 1.74 bits per heavy atom. The molecule has 0 amide bonds. The summed E-state index contributed by atoms with van der Waals surface area (Å²) in [4.78, 5) is 4.23. The summed E-state index contributed by atoms with van der Waals surface area (Å²) < 4.78 is 0. The molecule has 0 saturated heterocycles. The summed E-state index contributed by atoms with van der Waals surface area (Å²) in [5, 5.41) is 6.70. The van der Waals surface area contributed by atoms with Gasteiger partial charge in [0.05, 0.1) is 0 Å². The molecule has 1 rings (SSSR count). The monoisotopic (exact) mass is 261 g/mol. The number of hydrogen-bond acceptors (Lipinski definition) is 1. The molecule has 0 atom stereocenters. The number of unbranched alkanes of at least 4 members (excludes halogenated alkanes) is 3. The Morgan fingerprint density at radius 3 is 2.42 bits per heavy atom. The molecule has 0 aliphatic rings. The number of benzene rings is 1. The minimum atomic E-state index is 0.910. The Labute approximate surface area is 117 Å². The second kappa shape index (κ2) is 10.4. The highest BCUT2D eigenvalue weighted by atomic mass is 15.2. The molecule has 0 radical (unpaired) electrons. The van der Waals surface area contributed by atoms with E-state index in [0.29, 0.717) is 0 Å². The molecule has 0 aliphatic heterocycles. The second-order valence-electron chi connectivity index (χ2n) is 4.72. The summed E-state index contributed by atoms with van der Waals surface area (Å²) in [6.07, 6.45) is 6.14. The minimum Gasteiger partial charge on any atom is -0.356 e.